The van der Waals surface area contributed by atoms with Gasteiger partial charge < -0.3 is 0 Å². The summed E-state index contributed by atoms with van der Waals surface area (Å²) in [4.78, 5) is 0. The molecule has 0 aliphatic rings. The average molecular weight is 295 g/mol. The van der Waals surface area contributed by atoms with Crippen LogP contribution >= 0.6 is 11.8 Å². The molecule has 0 atom stereocenters. The highest BCUT2D eigenvalue weighted by Gasteiger charge is 2.00. The number of unbranched alkanes of at least 4 members (excludes halogenated alkanes) is 7. The molecule has 1 rings (SSSR count). The molecule has 0 unspecified atom stereocenters. The molecule has 0 fully saturated rings. The number of hydrogen-bond donors (Lipinski definition) is 0. The van der Waals surface area contributed by atoms with E-state index in [-0.39, 0.29) is 0 Å². The van der Waals surface area contributed by atoms with E-state index in [1.807, 2.05) is 0 Å². The van der Waals surface area contributed by atoms with E-state index in [2.05, 4.69) is 54.7 Å². The molecule has 0 amide bonds. The molecule has 0 spiro atoms. The number of pyridine rings is 1. The lowest BCUT2D eigenvalue weighted by Crippen LogP contribution is -2.31. The minimum absolute atomic E-state index is 1.10. The molecule has 0 aliphatic heterocycles. The third-order valence-electron chi connectivity index (χ3n) is 3.75. The number of aryl methyl sites for hydroxylation is 1. The van der Waals surface area contributed by atoms with Gasteiger partial charge in [-0.2, -0.15) is 4.57 Å². The molecule has 1 heterocycles. The lowest BCUT2D eigenvalue weighted by atomic mass is 10.1. The first-order valence-corrected chi connectivity index (χ1v) is 9.58. The largest absolute Gasteiger partial charge is 0.195 e. The van der Waals surface area contributed by atoms with Crippen LogP contribution in [0.1, 0.15) is 70.8 Å². The number of rotatable bonds is 12. The van der Waals surface area contributed by atoms with Gasteiger partial charge in [0, 0.05) is 12.1 Å². The number of thioether (sulfide) groups is 1. The van der Waals surface area contributed by atoms with Crippen molar-refractivity contribution < 1.29 is 4.57 Å². The van der Waals surface area contributed by atoms with Gasteiger partial charge in [-0.05, 0) is 24.2 Å². The average Bonchev–Trinajstić information content (AvgIpc) is 2.50. The van der Waals surface area contributed by atoms with E-state index >= 15 is 0 Å². The Kier molecular flexibility index (Phi) is 10.8. The second-order valence-corrected chi connectivity index (χ2v) is 6.66. The van der Waals surface area contributed by atoms with Crippen molar-refractivity contribution in [3.05, 3.63) is 30.1 Å². The first-order chi connectivity index (χ1) is 9.86. The van der Waals surface area contributed by atoms with Crippen molar-refractivity contribution in [2.45, 2.75) is 77.5 Å². The zero-order valence-electron chi connectivity index (χ0n) is 13.4. The van der Waals surface area contributed by atoms with E-state index in [4.69, 9.17) is 0 Å². The molecule has 0 N–H and O–H groups in total. The van der Waals surface area contributed by atoms with Crippen molar-refractivity contribution in [3.8, 4) is 0 Å². The van der Waals surface area contributed by atoms with Crippen molar-refractivity contribution in [2.24, 2.45) is 0 Å². The maximum atomic E-state index is 2.29. The lowest BCUT2D eigenvalue weighted by Gasteiger charge is -2.01. The minimum Gasteiger partial charge on any atom is -0.195 e. The summed E-state index contributed by atoms with van der Waals surface area (Å²) in [5.74, 6) is 2.40. The van der Waals surface area contributed by atoms with Crippen LogP contribution in [0, 0.1) is 0 Å². The third kappa shape index (κ3) is 8.63. The quantitative estimate of drug-likeness (QED) is 0.370. The number of nitrogens with zero attached hydrogens (tertiary/aromatic N) is 1. The zero-order valence-corrected chi connectivity index (χ0v) is 14.3. The van der Waals surface area contributed by atoms with Gasteiger partial charge in [0.1, 0.15) is 0 Å². The maximum Gasteiger partial charge on any atom is 0.194 e. The SMILES string of the molecule is CCCCCCCCCCSC[n+]1ccc(CC)cc1. The van der Waals surface area contributed by atoms with E-state index in [0.29, 0.717) is 0 Å². The van der Waals surface area contributed by atoms with Crippen LogP contribution in [0.25, 0.3) is 0 Å². The molecule has 1 aromatic heterocycles. The number of aromatic nitrogens is 1. The van der Waals surface area contributed by atoms with E-state index in [1.165, 1.54) is 62.7 Å². The first-order valence-electron chi connectivity index (χ1n) is 8.42. The van der Waals surface area contributed by atoms with Crippen LogP contribution in [0.15, 0.2) is 24.5 Å². The highest BCUT2D eigenvalue weighted by molar-refractivity contribution is 7.98. The Labute approximate surface area is 130 Å². The fourth-order valence-corrected chi connectivity index (χ4v) is 3.24. The molecule has 0 aromatic carbocycles. The van der Waals surface area contributed by atoms with Gasteiger partial charge in [-0.25, -0.2) is 0 Å². The van der Waals surface area contributed by atoms with Gasteiger partial charge in [0.15, 0.2) is 18.3 Å². The topological polar surface area (TPSA) is 3.88 Å². The Morgan fingerprint density at radius 3 is 2.05 bits per heavy atom. The van der Waals surface area contributed by atoms with Gasteiger partial charge in [-0.15, -0.1) is 0 Å². The third-order valence-corrected chi connectivity index (χ3v) is 4.81. The molecule has 2 heteroatoms. The molecular formula is C18H32NS+. The van der Waals surface area contributed by atoms with Crippen molar-refractivity contribution >= 4 is 11.8 Å². The Morgan fingerprint density at radius 2 is 1.45 bits per heavy atom. The van der Waals surface area contributed by atoms with Gasteiger partial charge >= 0.3 is 0 Å². The minimum atomic E-state index is 1.10. The van der Waals surface area contributed by atoms with Crippen molar-refractivity contribution in [3.63, 3.8) is 0 Å². The fraction of sp³-hybridized carbons (Fsp3) is 0.722. The second-order valence-electron chi connectivity index (χ2n) is 5.59. The summed E-state index contributed by atoms with van der Waals surface area (Å²) in [5, 5.41) is 0. The first kappa shape index (κ1) is 17.6. The Morgan fingerprint density at radius 1 is 0.850 bits per heavy atom. The van der Waals surface area contributed by atoms with Crippen LogP contribution < -0.4 is 4.57 Å². The van der Waals surface area contributed by atoms with Gasteiger partial charge in [0.05, 0.1) is 0 Å². The molecule has 0 saturated carbocycles. The molecule has 114 valence electrons. The summed E-state index contributed by atoms with van der Waals surface area (Å²) in [6.07, 6.45) is 16.9. The summed E-state index contributed by atoms with van der Waals surface area (Å²) in [7, 11) is 0. The second kappa shape index (κ2) is 12.3. The van der Waals surface area contributed by atoms with E-state index in [0.717, 1.165) is 12.3 Å². The highest BCUT2D eigenvalue weighted by atomic mass is 32.2. The molecule has 1 aromatic rings. The van der Waals surface area contributed by atoms with E-state index in [9.17, 15) is 0 Å². The molecule has 1 nitrogen and oxygen atoms in total. The van der Waals surface area contributed by atoms with Crippen molar-refractivity contribution in [1.29, 1.82) is 0 Å². The van der Waals surface area contributed by atoms with Crippen LogP contribution in [0.4, 0.5) is 0 Å². The van der Waals surface area contributed by atoms with E-state index in [1.54, 1.807) is 0 Å². The van der Waals surface area contributed by atoms with Crippen molar-refractivity contribution in [1.82, 2.24) is 0 Å². The summed E-state index contributed by atoms with van der Waals surface area (Å²) in [6.45, 7) is 4.49. The standard InChI is InChI=1S/C18H32NS/c1-3-5-6-7-8-9-10-11-16-20-17-19-14-12-18(4-2)13-15-19/h12-15H,3-11,16-17H2,1-2H3/q+1. The van der Waals surface area contributed by atoms with Crippen LogP contribution in [-0.4, -0.2) is 5.75 Å². The molecular weight excluding hydrogens is 262 g/mol. The van der Waals surface area contributed by atoms with Crippen LogP contribution in [0.5, 0.6) is 0 Å². The van der Waals surface area contributed by atoms with Gasteiger partial charge in [-0.3, -0.25) is 0 Å². The summed E-state index contributed by atoms with van der Waals surface area (Å²) in [6, 6.07) is 4.47. The van der Waals surface area contributed by atoms with Gasteiger partial charge in [-0.1, -0.05) is 70.6 Å². The fourth-order valence-electron chi connectivity index (χ4n) is 2.32. The van der Waals surface area contributed by atoms with Crippen LogP contribution in [0.2, 0.25) is 0 Å². The molecule has 20 heavy (non-hydrogen) atoms. The van der Waals surface area contributed by atoms with Gasteiger partial charge in [0.25, 0.3) is 0 Å². The van der Waals surface area contributed by atoms with Crippen LogP contribution in [-0.2, 0) is 12.3 Å². The monoisotopic (exact) mass is 294 g/mol. The van der Waals surface area contributed by atoms with Crippen molar-refractivity contribution in [2.75, 3.05) is 5.75 Å². The Balaban J connectivity index is 1.91. The predicted octanol–water partition coefficient (Wildman–Crippen LogP) is 5.37. The molecule has 0 bridgehead atoms. The Hall–Kier alpha value is -0.500. The predicted molar refractivity (Wildman–Crippen MR) is 91.1 cm³/mol. The molecule has 0 saturated heterocycles. The summed E-state index contributed by atoms with van der Waals surface area (Å²) < 4.78 is 2.29. The lowest BCUT2D eigenvalue weighted by molar-refractivity contribution is -0.676. The van der Waals surface area contributed by atoms with Crippen LogP contribution in [0.3, 0.4) is 0 Å². The van der Waals surface area contributed by atoms with Gasteiger partial charge in [0.2, 0.25) is 0 Å². The molecule has 0 aliphatic carbocycles. The Bertz CT molecular complexity index is 321. The normalized spacial score (nSPS) is 10.9. The summed E-state index contributed by atoms with van der Waals surface area (Å²) >= 11 is 2.05. The number of hydrogen-bond acceptors (Lipinski definition) is 1. The maximum absolute atomic E-state index is 2.29. The smallest absolute Gasteiger partial charge is 0.194 e. The van der Waals surface area contributed by atoms with E-state index < -0.39 is 0 Å². The summed E-state index contributed by atoms with van der Waals surface area (Å²) in [5.41, 5.74) is 1.43. The zero-order chi connectivity index (χ0) is 14.5. The molecule has 0 radical (unpaired) electrons. The highest BCUT2D eigenvalue weighted by Crippen LogP contribution is 2.11.